The first kappa shape index (κ1) is 15.2. The van der Waals surface area contributed by atoms with E-state index in [0.29, 0.717) is 19.0 Å². The van der Waals surface area contributed by atoms with Crippen LogP contribution in [0.25, 0.3) is 0 Å². The fraction of sp³-hybridized carbons (Fsp3) is 0.600. The Bertz CT molecular complexity index is 465. The van der Waals surface area contributed by atoms with Crippen LogP contribution in [0.4, 0.5) is 18.9 Å². The lowest BCUT2D eigenvalue weighted by atomic mass is 9.99. The topological polar surface area (TPSA) is 15.3 Å². The summed E-state index contributed by atoms with van der Waals surface area (Å²) in [5.74, 6) is -3.17. The van der Waals surface area contributed by atoms with E-state index in [2.05, 4.69) is 19.2 Å². The smallest absolute Gasteiger partial charge is 0.196 e. The minimum absolute atomic E-state index is 0.154. The summed E-state index contributed by atoms with van der Waals surface area (Å²) in [6.07, 6.45) is 1.87. The summed E-state index contributed by atoms with van der Waals surface area (Å²) < 4.78 is 40.3. The minimum atomic E-state index is -1.39. The number of anilines is 1. The molecule has 2 nitrogen and oxygen atoms in total. The van der Waals surface area contributed by atoms with Gasteiger partial charge in [-0.05, 0) is 31.0 Å². The van der Waals surface area contributed by atoms with E-state index in [0.717, 1.165) is 25.5 Å². The highest BCUT2D eigenvalue weighted by Gasteiger charge is 2.25. The van der Waals surface area contributed by atoms with Gasteiger partial charge in [0.1, 0.15) is 0 Å². The van der Waals surface area contributed by atoms with Crippen LogP contribution in [-0.4, -0.2) is 25.7 Å². The zero-order chi connectivity index (χ0) is 14.7. The van der Waals surface area contributed by atoms with Crippen LogP contribution in [0.5, 0.6) is 0 Å². The monoisotopic (exact) mass is 286 g/mol. The molecule has 5 heteroatoms. The molecular weight excluding hydrogens is 265 g/mol. The molecule has 1 aliphatic rings. The first-order valence-corrected chi connectivity index (χ1v) is 7.16. The largest absolute Gasteiger partial charge is 0.367 e. The summed E-state index contributed by atoms with van der Waals surface area (Å²) in [7, 11) is 0. The second-order valence-electron chi connectivity index (χ2n) is 5.44. The van der Waals surface area contributed by atoms with Gasteiger partial charge in [-0.1, -0.05) is 20.3 Å². The number of benzene rings is 1. The molecule has 1 N–H and O–H groups in total. The van der Waals surface area contributed by atoms with Crippen molar-refractivity contribution in [2.75, 3.05) is 24.5 Å². The second-order valence-corrected chi connectivity index (χ2v) is 5.44. The van der Waals surface area contributed by atoms with Crippen molar-refractivity contribution in [3.05, 3.63) is 29.6 Å². The molecule has 0 saturated carbocycles. The van der Waals surface area contributed by atoms with Gasteiger partial charge >= 0.3 is 0 Å². The van der Waals surface area contributed by atoms with E-state index in [1.165, 1.54) is 6.07 Å². The number of nitrogens with zero attached hydrogens (tertiary/aromatic N) is 1. The molecule has 2 atom stereocenters. The number of halogens is 3. The molecule has 112 valence electrons. The Balaban J connectivity index is 2.24. The molecule has 1 aliphatic heterocycles. The summed E-state index contributed by atoms with van der Waals surface area (Å²) >= 11 is 0. The number of hydrogen-bond donors (Lipinski definition) is 1. The van der Waals surface area contributed by atoms with Crippen molar-refractivity contribution in [3.8, 4) is 0 Å². The van der Waals surface area contributed by atoms with Crippen LogP contribution in [-0.2, 0) is 0 Å². The van der Waals surface area contributed by atoms with Gasteiger partial charge in [-0.15, -0.1) is 0 Å². The van der Waals surface area contributed by atoms with E-state index < -0.39 is 17.5 Å². The number of hydrogen-bond acceptors (Lipinski definition) is 2. The Morgan fingerprint density at radius 2 is 2.05 bits per heavy atom. The molecule has 20 heavy (non-hydrogen) atoms. The third-order valence-electron chi connectivity index (χ3n) is 4.11. The average molecular weight is 286 g/mol. The van der Waals surface area contributed by atoms with Crippen LogP contribution in [0.15, 0.2) is 12.1 Å². The van der Waals surface area contributed by atoms with Crippen molar-refractivity contribution in [2.45, 2.75) is 32.7 Å². The van der Waals surface area contributed by atoms with Crippen molar-refractivity contribution in [1.82, 2.24) is 5.32 Å². The highest BCUT2D eigenvalue weighted by atomic mass is 19.2. The molecule has 0 amide bonds. The average Bonchev–Trinajstić information content (AvgIpc) is 2.70. The summed E-state index contributed by atoms with van der Waals surface area (Å²) in [6, 6.07) is 2.55. The predicted molar refractivity (Wildman–Crippen MR) is 74.4 cm³/mol. The molecule has 0 aromatic heterocycles. The van der Waals surface area contributed by atoms with E-state index in [1.54, 1.807) is 0 Å². The normalized spacial score (nSPS) is 21.6. The van der Waals surface area contributed by atoms with Gasteiger partial charge in [0.05, 0.1) is 5.69 Å². The van der Waals surface area contributed by atoms with Gasteiger partial charge in [0, 0.05) is 19.1 Å². The molecule has 2 unspecified atom stereocenters. The van der Waals surface area contributed by atoms with Gasteiger partial charge < -0.3 is 10.2 Å². The summed E-state index contributed by atoms with van der Waals surface area (Å²) in [4.78, 5) is 1.81. The van der Waals surface area contributed by atoms with E-state index in [9.17, 15) is 13.2 Å². The lowest BCUT2D eigenvalue weighted by molar-refractivity contribution is 0.382. The molecule has 0 bridgehead atoms. The van der Waals surface area contributed by atoms with Gasteiger partial charge in [-0.2, -0.15) is 0 Å². The molecule has 2 rings (SSSR count). The SMILES string of the molecule is CCC(C)C1CN(c2ccc(F)c(F)c2F)CCCN1. The van der Waals surface area contributed by atoms with Crippen molar-refractivity contribution >= 4 is 5.69 Å². The standard InChI is InChI=1S/C15H21F3N2/c1-3-10(2)12-9-20(8-4-7-19-12)13-6-5-11(16)14(17)15(13)18/h5-6,10,12,19H,3-4,7-9H2,1-2H3. The lowest BCUT2D eigenvalue weighted by Gasteiger charge is -2.29. The van der Waals surface area contributed by atoms with Crippen LogP contribution < -0.4 is 10.2 Å². The van der Waals surface area contributed by atoms with Crippen LogP contribution in [0.1, 0.15) is 26.7 Å². The Morgan fingerprint density at radius 3 is 2.75 bits per heavy atom. The van der Waals surface area contributed by atoms with E-state index in [1.807, 2.05) is 4.90 Å². The minimum Gasteiger partial charge on any atom is -0.367 e. The quantitative estimate of drug-likeness (QED) is 0.858. The summed E-state index contributed by atoms with van der Waals surface area (Å²) in [5, 5.41) is 3.45. The van der Waals surface area contributed by atoms with Crippen molar-refractivity contribution < 1.29 is 13.2 Å². The zero-order valence-electron chi connectivity index (χ0n) is 11.9. The fourth-order valence-electron chi connectivity index (χ4n) is 2.60. The molecule has 0 aliphatic carbocycles. The Kier molecular flexibility index (Phi) is 4.91. The lowest BCUT2D eigenvalue weighted by Crippen LogP contribution is -2.42. The van der Waals surface area contributed by atoms with Crippen LogP contribution in [0.2, 0.25) is 0 Å². The maximum Gasteiger partial charge on any atom is 0.196 e. The van der Waals surface area contributed by atoms with E-state index in [-0.39, 0.29) is 11.7 Å². The van der Waals surface area contributed by atoms with Crippen LogP contribution >= 0.6 is 0 Å². The van der Waals surface area contributed by atoms with Crippen molar-refractivity contribution in [2.24, 2.45) is 5.92 Å². The fourth-order valence-corrected chi connectivity index (χ4v) is 2.60. The van der Waals surface area contributed by atoms with E-state index in [4.69, 9.17) is 0 Å². The zero-order valence-corrected chi connectivity index (χ0v) is 11.9. The van der Waals surface area contributed by atoms with Gasteiger partial charge in [0.25, 0.3) is 0 Å². The maximum atomic E-state index is 13.9. The van der Waals surface area contributed by atoms with Crippen molar-refractivity contribution in [1.29, 1.82) is 0 Å². The highest BCUT2D eigenvalue weighted by Crippen LogP contribution is 2.25. The molecule has 1 aromatic carbocycles. The van der Waals surface area contributed by atoms with Gasteiger partial charge in [-0.25, -0.2) is 13.2 Å². The van der Waals surface area contributed by atoms with Crippen LogP contribution in [0.3, 0.4) is 0 Å². The Labute approximate surface area is 118 Å². The maximum absolute atomic E-state index is 13.9. The predicted octanol–water partition coefficient (Wildman–Crippen LogP) is 3.32. The number of rotatable bonds is 3. The van der Waals surface area contributed by atoms with E-state index >= 15 is 0 Å². The van der Waals surface area contributed by atoms with Crippen molar-refractivity contribution in [3.63, 3.8) is 0 Å². The van der Waals surface area contributed by atoms with Gasteiger partial charge in [-0.3, -0.25) is 0 Å². The van der Waals surface area contributed by atoms with Crippen LogP contribution in [0, 0.1) is 23.4 Å². The molecular formula is C15H21F3N2. The first-order valence-electron chi connectivity index (χ1n) is 7.16. The molecule has 1 fully saturated rings. The third kappa shape index (κ3) is 3.08. The summed E-state index contributed by atoms with van der Waals surface area (Å²) in [5.41, 5.74) is 0.154. The summed E-state index contributed by atoms with van der Waals surface area (Å²) in [6.45, 7) is 6.36. The Morgan fingerprint density at radius 1 is 1.30 bits per heavy atom. The molecule has 1 saturated heterocycles. The van der Waals surface area contributed by atoms with Gasteiger partial charge in [0.2, 0.25) is 0 Å². The van der Waals surface area contributed by atoms with Gasteiger partial charge in [0.15, 0.2) is 17.5 Å². The first-order chi connectivity index (χ1) is 9.54. The molecule has 0 radical (unpaired) electrons. The number of nitrogens with one attached hydrogen (secondary N) is 1. The Hall–Kier alpha value is -1.23. The molecule has 0 spiro atoms. The second kappa shape index (κ2) is 6.48. The third-order valence-corrected chi connectivity index (χ3v) is 4.11. The molecule has 1 aromatic rings. The molecule has 1 heterocycles. The highest BCUT2D eigenvalue weighted by molar-refractivity contribution is 5.48.